The number of rotatable bonds is 4. The summed E-state index contributed by atoms with van der Waals surface area (Å²) in [5.41, 5.74) is 0.993. The van der Waals surface area contributed by atoms with E-state index in [1.807, 2.05) is 21.7 Å². The first-order valence-corrected chi connectivity index (χ1v) is 9.60. The highest BCUT2D eigenvalue weighted by atomic mass is 32.1. The SMILES string of the molecule is O=C(CN1CCC(c2nnc(-c3ccsc3)o2)CC1)N1CCCC1. The lowest BCUT2D eigenvalue weighted by Gasteiger charge is -2.31. The van der Waals surface area contributed by atoms with Gasteiger partial charge >= 0.3 is 0 Å². The Bertz CT molecular complexity index is 671. The van der Waals surface area contributed by atoms with Gasteiger partial charge in [0.2, 0.25) is 17.7 Å². The largest absolute Gasteiger partial charge is 0.420 e. The minimum atomic E-state index is 0.281. The fourth-order valence-corrected chi connectivity index (χ4v) is 4.13. The van der Waals surface area contributed by atoms with Crippen LogP contribution in [0.3, 0.4) is 0 Å². The maximum Gasteiger partial charge on any atom is 0.248 e. The summed E-state index contributed by atoms with van der Waals surface area (Å²) in [6, 6.07) is 1.99. The second-order valence-corrected chi connectivity index (χ2v) is 7.38. The fraction of sp³-hybridized carbons (Fsp3) is 0.588. The molecule has 2 aromatic rings. The van der Waals surface area contributed by atoms with E-state index in [0.29, 0.717) is 18.4 Å². The smallest absolute Gasteiger partial charge is 0.248 e. The van der Waals surface area contributed by atoms with Crippen molar-refractivity contribution in [3.8, 4) is 11.5 Å². The first-order valence-electron chi connectivity index (χ1n) is 8.66. The lowest BCUT2D eigenvalue weighted by molar-refractivity contribution is -0.131. The van der Waals surface area contributed by atoms with Gasteiger partial charge in [-0.15, -0.1) is 10.2 Å². The van der Waals surface area contributed by atoms with Gasteiger partial charge in [0.1, 0.15) is 0 Å². The number of carbonyl (C=O) groups is 1. The van der Waals surface area contributed by atoms with E-state index in [9.17, 15) is 4.79 Å². The summed E-state index contributed by atoms with van der Waals surface area (Å²) in [7, 11) is 0. The Labute approximate surface area is 145 Å². The quantitative estimate of drug-likeness (QED) is 0.851. The lowest BCUT2D eigenvalue weighted by Crippen LogP contribution is -2.42. The minimum absolute atomic E-state index is 0.281. The summed E-state index contributed by atoms with van der Waals surface area (Å²) < 4.78 is 5.86. The Morgan fingerprint density at radius 1 is 1.21 bits per heavy atom. The van der Waals surface area contributed by atoms with Gasteiger partial charge in [-0.3, -0.25) is 9.69 Å². The van der Waals surface area contributed by atoms with Crippen LogP contribution in [0.25, 0.3) is 11.5 Å². The van der Waals surface area contributed by atoms with Gasteiger partial charge in [-0.05, 0) is 50.2 Å². The first-order chi connectivity index (χ1) is 11.8. The monoisotopic (exact) mass is 346 g/mol. The molecule has 2 fully saturated rings. The van der Waals surface area contributed by atoms with E-state index >= 15 is 0 Å². The van der Waals surface area contributed by atoms with Crippen molar-refractivity contribution >= 4 is 17.2 Å². The summed E-state index contributed by atoms with van der Waals surface area (Å²) in [5.74, 6) is 1.94. The Kier molecular flexibility index (Phi) is 4.62. The predicted molar refractivity (Wildman–Crippen MR) is 91.8 cm³/mol. The molecule has 2 aliphatic heterocycles. The van der Waals surface area contributed by atoms with Crippen LogP contribution in [-0.2, 0) is 4.79 Å². The van der Waals surface area contributed by atoms with Gasteiger partial charge in [0.25, 0.3) is 0 Å². The molecule has 0 saturated carbocycles. The van der Waals surface area contributed by atoms with Crippen LogP contribution in [0.1, 0.15) is 37.5 Å². The molecule has 0 aromatic carbocycles. The second-order valence-electron chi connectivity index (χ2n) is 6.60. The standard InChI is InChI=1S/C17H22N4O2S/c22-15(21-6-1-2-7-21)11-20-8-3-13(4-9-20)16-18-19-17(23-16)14-5-10-24-12-14/h5,10,12-13H,1-4,6-9,11H2. The number of amides is 1. The van der Waals surface area contributed by atoms with E-state index in [0.717, 1.165) is 63.3 Å². The molecule has 1 amide bonds. The highest BCUT2D eigenvalue weighted by Crippen LogP contribution is 2.29. The zero-order valence-electron chi connectivity index (χ0n) is 13.7. The average Bonchev–Trinajstić information content (AvgIpc) is 3.35. The van der Waals surface area contributed by atoms with Crippen molar-refractivity contribution in [1.82, 2.24) is 20.0 Å². The van der Waals surface area contributed by atoms with Crippen LogP contribution < -0.4 is 0 Å². The molecule has 0 atom stereocenters. The maximum absolute atomic E-state index is 12.2. The number of carbonyl (C=O) groups excluding carboxylic acids is 1. The molecule has 0 spiro atoms. The number of hydrogen-bond acceptors (Lipinski definition) is 6. The molecule has 4 rings (SSSR count). The van der Waals surface area contributed by atoms with Crippen molar-refractivity contribution in [2.75, 3.05) is 32.7 Å². The van der Waals surface area contributed by atoms with E-state index in [-0.39, 0.29) is 5.91 Å². The second kappa shape index (κ2) is 7.03. The van der Waals surface area contributed by atoms with Crippen LogP contribution in [0.2, 0.25) is 0 Å². The number of aromatic nitrogens is 2. The third-order valence-corrected chi connectivity index (χ3v) is 5.65. The van der Waals surface area contributed by atoms with Crippen LogP contribution in [0.4, 0.5) is 0 Å². The number of nitrogens with zero attached hydrogens (tertiary/aromatic N) is 4. The van der Waals surface area contributed by atoms with Crippen LogP contribution >= 0.6 is 11.3 Å². The zero-order valence-corrected chi connectivity index (χ0v) is 14.5. The van der Waals surface area contributed by atoms with E-state index in [1.54, 1.807) is 11.3 Å². The van der Waals surface area contributed by atoms with E-state index < -0.39 is 0 Å². The molecular weight excluding hydrogens is 324 g/mol. The molecule has 4 heterocycles. The molecule has 2 aliphatic rings. The van der Waals surface area contributed by atoms with E-state index in [2.05, 4.69) is 15.1 Å². The van der Waals surface area contributed by atoms with Crippen molar-refractivity contribution in [3.63, 3.8) is 0 Å². The first kappa shape index (κ1) is 15.8. The van der Waals surface area contributed by atoms with Gasteiger partial charge in [-0.2, -0.15) is 11.3 Å². The summed E-state index contributed by atoms with van der Waals surface area (Å²) in [4.78, 5) is 16.5. The van der Waals surface area contributed by atoms with Gasteiger partial charge in [0.15, 0.2) is 0 Å². The average molecular weight is 346 g/mol. The van der Waals surface area contributed by atoms with Crippen molar-refractivity contribution in [2.45, 2.75) is 31.6 Å². The van der Waals surface area contributed by atoms with Crippen molar-refractivity contribution in [2.24, 2.45) is 0 Å². The van der Waals surface area contributed by atoms with Crippen LogP contribution in [0.5, 0.6) is 0 Å². The number of thiophene rings is 1. The number of likely N-dealkylation sites (tertiary alicyclic amines) is 2. The van der Waals surface area contributed by atoms with Gasteiger partial charge < -0.3 is 9.32 Å². The summed E-state index contributed by atoms with van der Waals surface area (Å²) in [6.07, 6.45) is 4.24. The molecule has 7 heteroatoms. The molecule has 2 aromatic heterocycles. The van der Waals surface area contributed by atoms with E-state index in [1.165, 1.54) is 0 Å². The molecular formula is C17H22N4O2S. The predicted octanol–water partition coefficient (Wildman–Crippen LogP) is 2.60. The van der Waals surface area contributed by atoms with Crippen LogP contribution in [-0.4, -0.2) is 58.6 Å². The Balaban J connectivity index is 1.30. The zero-order chi connectivity index (χ0) is 16.4. The van der Waals surface area contributed by atoms with Gasteiger partial charge in [0.05, 0.1) is 6.54 Å². The highest BCUT2D eigenvalue weighted by Gasteiger charge is 2.27. The Morgan fingerprint density at radius 2 is 2.00 bits per heavy atom. The molecule has 128 valence electrons. The van der Waals surface area contributed by atoms with Gasteiger partial charge in [-0.1, -0.05) is 0 Å². The van der Waals surface area contributed by atoms with Crippen LogP contribution in [0.15, 0.2) is 21.2 Å². The minimum Gasteiger partial charge on any atom is -0.420 e. The summed E-state index contributed by atoms with van der Waals surface area (Å²) in [5, 5.41) is 12.4. The maximum atomic E-state index is 12.2. The number of piperidine rings is 1. The molecule has 24 heavy (non-hydrogen) atoms. The van der Waals surface area contributed by atoms with Crippen molar-refractivity contribution < 1.29 is 9.21 Å². The molecule has 6 nitrogen and oxygen atoms in total. The number of hydrogen-bond donors (Lipinski definition) is 0. The summed E-state index contributed by atoms with van der Waals surface area (Å²) >= 11 is 1.63. The molecule has 0 unspecified atom stereocenters. The van der Waals surface area contributed by atoms with Crippen molar-refractivity contribution in [1.29, 1.82) is 0 Å². The van der Waals surface area contributed by atoms with Crippen LogP contribution in [0, 0.1) is 0 Å². The molecule has 0 aliphatic carbocycles. The third kappa shape index (κ3) is 3.37. The Morgan fingerprint density at radius 3 is 2.71 bits per heavy atom. The Hall–Kier alpha value is -1.73. The molecule has 0 radical (unpaired) electrons. The molecule has 0 N–H and O–H groups in total. The van der Waals surface area contributed by atoms with Gasteiger partial charge in [0, 0.05) is 30.0 Å². The highest BCUT2D eigenvalue weighted by molar-refractivity contribution is 7.08. The topological polar surface area (TPSA) is 62.5 Å². The molecule has 0 bridgehead atoms. The normalized spacial score (nSPS) is 19.9. The fourth-order valence-electron chi connectivity index (χ4n) is 3.50. The summed E-state index contributed by atoms with van der Waals surface area (Å²) in [6.45, 7) is 4.25. The third-order valence-electron chi connectivity index (χ3n) is 4.96. The van der Waals surface area contributed by atoms with Gasteiger partial charge in [-0.25, -0.2) is 0 Å². The van der Waals surface area contributed by atoms with E-state index in [4.69, 9.17) is 4.42 Å². The van der Waals surface area contributed by atoms with Crippen molar-refractivity contribution in [3.05, 3.63) is 22.7 Å². The molecule has 2 saturated heterocycles. The lowest BCUT2D eigenvalue weighted by atomic mass is 9.97.